The van der Waals surface area contributed by atoms with Crippen LogP contribution in [0, 0.1) is 6.92 Å². The largest absolute Gasteiger partial charge is 0.361 e. The summed E-state index contributed by atoms with van der Waals surface area (Å²) in [5.41, 5.74) is 5.17. The van der Waals surface area contributed by atoms with E-state index in [2.05, 4.69) is 37.6 Å². The highest BCUT2D eigenvalue weighted by Crippen LogP contribution is 2.34. The number of pyridine rings is 1. The molecule has 0 radical (unpaired) electrons. The van der Waals surface area contributed by atoms with Gasteiger partial charge in [0.1, 0.15) is 11.5 Å². The van der Waals surface area contributed by atoms with E-state index in [-0.39, 0.29) is 6.04 Å². The molecule has 1 fully saturated rings. The highest BCUT2D eigenvalue weighted by atomic mass is 16.5. The monoisotopic (exact) mass is 363 g/mol. The number of rotatable bonds is 4. The number of aromatic nitrogens is 6. The molecule has 0 aliphatic carbocycles. The molecule has 1 aliphatic rings. The molecule has 5 heterocycles. The van der Waals surface area contributed by atoms with E-state index in [1.165, 1.54) is 0 Å². The van der Waals surface area contributed by atoms with Crippen LogP contribution in [0.1, 0.15) is 36.0 Å². The number of nitrogens with zero attached hydrogens (tertiary/aromatic N) is 7. The first-order chi connectivity index (χ1) is 13.2. The molecule has 0 unspecified atom stereocenters. The lowest BCUT2D eigenvalue weighted by Crippen LogP contribution is -2.23. The number of fused-ring (bicyclic) bond motifs is 1. The van der Waals surface area contributed by atoms with Crippen molar-refractivity contribution in [2.45, 2.75) is 32.4 Å². The SMILES string of the molecule is Cc1cc(CN2CCC[C@H]2c2nnn3cc(-c4ccnn4C)ccc23)no1. The summed E-state index contributed by atoms with van der Waals surface area (Å²) in [6, 6.07) is 8.46. The smallest absolute Gasteiger partial charge is 0.133 e. The van der Waals surface area contributed by atoms with Gasteiger partial charge < -0.3 is 4.52 Å². The predicted molar refractivity (Wildman–Crippen MR) is 98.8 cm³/mol. The van der Waals surface area contributed by atoms with Crippen LogP contribution in [0.15, 0.2) is 41.2 Å². The maximum absolute atomic E-state index is 5.21. The van der Waals surface area contributed by atoms with Crippen LogP contribution in [0.25, 0.3) is 16.8 Å². The zero-order valence-corrected chi connectivity index (χ0v) is 15.4. The van der Waals surface area contributed by atoms with Gasteiger partial charge in [-0.15, -0.1) is 5.10 Å². The van der Waals surface area contributed by atoms with Crippen molar-refractivity contribution in [2.24, 2.45) is 7.05 Å². The number of hydrogen-bond donors (Lipinski definition) is 0. The zero-order valence-electron chi connectivity index (χ0n) is 15.4. The minimum Gasteiger partial charge on any atom is -0.361 e. The molecule has 4 aromatic rings. The first-order valence-electron chi connectivity index (χ1n) is 9.18. The van der Waals surface area contributed by atoms with E-state index in [1.807, 2.05) is 41.5 Å². The molecular formula is C19H21N7O. The topological polar surface area (TPSA) is 77.3 Å². The molecule has 1 atom stereocenters. The van der Waals surface area contributed by atoms with Gasteiger partial charge >= 0.3 is 0 Å². The first kappa shape index (κ1) is 16.2. The lowest BCUT2D eigenvalue weighted by atomic mass is 10.1. The van der Waals surface area contributed by atoms with E-state index < -0.39 is 0 Å². The van der Waals surface area contributed by atoms with Crippen molar-refractivity contribution < 1.29 is 4.52 Å². The molecule has 0 N–H and O–H groups in total. The molecule has 0 aromatic carbocycles. The van der Waals surface area contributed by atoms with Gasteiger partial charge in [-0.2, -0.15) is 5.10 Å². The second-order valence-corrected chi connectivity index (χ2v) is 7.12. The molecule has 1 saturated heterocycles. The van der Waals surface area contributed by atoms with Gasteiger partial charge in [0.25, 0.3) is 0 Å². The lowest BCUT2D eigenvalue weighted by Gasteiger charge is -2.21. The van der Waals surface area contributed by atoms with Gasteiger partial charge in [0, 0.05) is 37.6 Å². The Morgan fingerprint density at radius 3 is 2.96 bits per heavy atom. The molecule has 138 valence electrons. The third-order valence-electron chi connectivity index (χ3n) is 5.28. The summed E-state index contributed by atoms with van der Waals surface area (Å²) in [6.45, 7) is 3.72. The van der Waals surface area contributed by atoms with Crippen LogP contribution in [-0.4, -0.2) is 41.2 Å². The van der Waals surface area contributed by atoms with Crippen LogP contribution in [0.3, 0.4) is 0 Å². The molecule has 0 amide bonds. The molecule has 8 nitrogen and oxygen atoms in total. The van der Waals surface area contributed by atoms with Gasteiger partial charge in [-0.1, -0.05) is 10.4 Å². The maximum Gasteiger partial charge on any atom is 0.133 e. The van der Waals surface area contributed by atoms with Crippen molar-refractivity contribution in [1.29, 1.82) is 0 Å². The van der Waals surface area contributed by atoms with Crippen LogP contribution in [-0.2, 0) is 13.6 Å². The minimum atomic E-state index is 0.252. The molecule has 5 rings (SSSR count). The van der Waals surface area contributed by atoms with E-state index in [0.29, 0.717) is 0 Å². The fourth-order valence-electron chi connectivity index (χ4n) is 3.99. The fourth-order valence-corrected chi connectivity index (χ4v) is 3.99. The summed E-state index contributed by atoms with van der Waals surface area (Å²) >= 11 is 0. The molecular weight excluding hydrogens is 342 g/mol. The standard InChI is InChI=1S/C19H21N7O/c1-13-10-15(22-27-13)12-25-9-3-4-17(25)19-18-6-5-14(11-26(18)23-21-19)16-7-8-20-24(16)2/h5-8,10-11,17H,3-4,9,12H2,1-2H3/t17-/m0/s1. The zero-order chi connectivity index (χ0) is 18.4. The Morgan fingerprint density at radius 2 is 2.19 bits per heavy atom. The maximum atomic E-state index is 5.21. The Balaban J connectivity index is 1.46. The van der Waals surface area contributed by atoms with Gasteiger partial charge in [-0.25, -0.2) is 4.52 Å². The average molecular weight is 363 g/mol. The van der Waals surface area contributed by atoms with Crippen LogP contribution in [0.2, 0.25) is 0 Å². The summed E-state index contributed by atoms with van der Waals surface area (Å²) < 4.78 is 8.94. The van der Waals surface area contributed by atoms with E-state index in [4.69, 9.17) is 4.52 Å². The Bertz CT molecular complexity index is 1090. The van der Waals surface area contributed by atoms with Gasteiger partial charge in [-0.05, 0) is 44.5 Å². The van der Waals surface area contributed by atoms with Crippen molar-refractivity contribution in [3.05, 3.63) is 53.8 Å². The van der Waals surface area contributed by atoms with E-state index in [1.54, 1.807) is 6.20 Å². The first-order valence-corrected chi connectivity index (χ1v) is 9.18. The number of hydrogen-bond acceptors (Lipinski definition) is 6. The van der Waals surface area contributed by atoms with Gasteiger partial charge in [0.15, 0.2) is 0 Å². The highest BCUT2D eigenvalue weighted by Gasteiger charge is 2.30. The number of aryl methyl sites for hydroxylation is 2. The third kappa shape index (κ3) is 2.82. The number of likely N-dealkylation sites (tertiary alicyclic amines) is 1. The van der Waals surface area contributed by atoms with Crippen LogP contribution in [0.4, 0.5) is 0 Å². The minimum absolute atomic E-state index is 0.252. The van der Waals surface area contributed by atoms with Crippen LogP contribution < -0.4 is 0 Å². The van der Waals surface area contributed by atoms with Crippen molar-refractivity contribution in [3.8, 4) is 11.3 Å². The summed E-state index contributed by atoms with van der Waals surface area (Å²) in [4.78, 5) is 2.41. The van der Waals surface area contributed by atoms with Crippen LogP contribution >= 0.6 is 0 Å². The second kappa shape index (κ2) is 6.31. The Labute approximate surface area is 156 Å². The normalized spacial score (nSPS) is 17.9. The molecule has 4 aromatic heterocycles. The molecule has 27 heavy (non-hydrogen) atoms. The van der Waals surface area contributed by atoms with Crippen LogP contribution in [0.5, 0.6) is 0 Å². The molecule has 0 spiro atoms. The highest BCUT2D eigenvalue weighted by molar-refractivity contribution is 5.63. The van der Waals surface area contributed by atoms with Crippen molar-refractivity contribution >= 4 is 5.52 Å². The predicted octanol–water partition coefficient (Wildman–Crippen LogP) is 2.76. The second-order valence-electron chi connectivity index (χ2n) is 7.12. The van der Waals surface area contributed by atoms with E-state index in [9.17, 15) is 0 Å². The van der Waals surface area contributed by atoms with Gasteiger partial charge in [-0.3, -0.25) is 9.58 Å². The fraction of sp³-hybridized carbons (Fsp3) is 0.368. The van der Waals surface area contributed by atoms with Gasteiger partial charge in [0.2, 0.25) is 0 Å². The van der Waals surface area contributed by atoms with E-state index in [0.717, 1.165) is 59.9 Å². The summed E-state index contributed by atoms with van der Waals surface area (Å²) in [5, 5.41) is 17.3. The third-order valence-corrected chi connectivity index (χ3v) is 5.28. The van der Waals surface area contributed by atoms with Crippen molar-refractivity contribution in [2.75, 3.05) is 6.54 Å². The summed E-state index contributed by atoms with van der Waals surface area (Å²) in [5.74, 6) is 0.845. The van der Waals surface area contributed by atoms with Crippen molar-refractivity contribution in [3.63, 3.8) is 0 Å². The molecule has 8 heteroatoms. The molecule has 1 aliphatic heterocycles. The summed E-state index contributed by atoms with van der Waals surface area (Å²) in [6.07, 6.45) is 6.04. The Morgan fingerprint density at radius 1 is 1.26 bits per heavy atom. The lowest BCUT2D eigenvalue weighted by molar-refractivity contribution is 0.237. The molecule has 0 bridgehead atoms. The van der Waals surface area contributed by atoms with Gasteiger partial charge in [0.05, 0.1) is 22.9 Å². The van der Waals surface area contributed by atoms with E-state index >= 15 is 0 Å². The average Bonchev–Trinajstić information content (AvgIpc) is 3.42. The quantitative estimate of drug-likeness (QED) is 0.555. The van der Waals surface area contributed by atoms with Crippen molar-refractivity contribution in [1.82, 2.24) is 34.7 Å². The Kier molecular flexibility index (Phi) is 3.78. The Hall–Kier alpha value is -3.00. The summed E-state index contributed by atoms with van der Waals surface area (Å²) in [7, 11) is 1.94. The molecule has 0 saturated carbocycles.